The third-order valence-electron chi connectivity index (χ3n) is 4.26. The van der Waals surface area contributed by atoms with Gasteiger partial charge in [-0.1, -0.05) is 31.4 Å². The summed E-state index contributed by atoms with van der Waals surface area (Å²) in [5.41, 5.74) is 2.90. The number of benzene rings is 1. The lowest BCUT2D eigenvalue weighted by atomic mass is 9.87. The lowest BCUT2D eigenvalue weighted by Crippen LogP contribution is -2.18. The van der Waals surface area contributed by atoms with Crippen LogP contribution in [-0.2, 0) is 4.79 Å². The van der Waals surface area contributed by atoms with Crippen LogP contribution in [0, 0.1) is 12.8 Å². The van der Waals surface area contributed by atoms with Crippen LogP contribution >= 0.6 is 11.3 Å². The molecular formula is C18H22N2OS. The van der Waals surface area contributed by atoms with E-state index in [2.05, 4.69) is 15.7 Å². The molecule has 1 saturated carbocycles. The maximum absolute atomic E-state index is 12.2. The summed E-state index contributed by atoms with van der Waals surface area (Å²) in [5.74, 6) is 0.705. The Bertz CT molecular complexity index is 644. The minimum Gasteiger partial charge on any atom is -0.326 e. The van der Waals surface area contributed by atoms with E-state index in [1.165, 1.54) is 32.1 Å². The number of anilines is 1. The molecule has 1 aliphatic carbocycles. The van der Waals surface area contributed by atoms with Crippen LogP contribution in [-0.4, -0.2) is 10.9 Å². The van der Waals surface area contributed by atoms with Crippen molar-refractivity contribution in [1.82, 2.24) is 4.98 Å². The highest BCUT2D eigenvalue weighted by Crippen LogP contribution is 2.27. The Labute approximate surface area is 135 Å². The molecule has 0 atom stereocenters. The molecule has 0 spiro atoms. The highest BCUT2D eigenvalue weighted by molar-refractivity contribution is 7.09. The number of amides is 1. The molecule has 1 amide bonds. The van der Waals surface area contributed by atoms with Gasteiger partial charge in [-0.15, -0.1) is 11.3 Å². The third kappa shape index (κ3) is 3.95. The summed E-state index contributed by atoms with van der Waals surface area (Å²) < 4.78 is 0. The molecule has 0 saturated heterocycles. The highest BCUT2D eigenvalue weighted by Gasteiger charge is 2.17. The van der Waals surface area contributed by atoms with Gasteiger partial charge >= 0.3 is 0 Å². The fraction of sp³-hybridized carbons (Fsp3) is 0.444. The Kier molecular flexibility index (Phi) is 4.88. The first-order valence-corrected chi connectivity index (χ1v) is 8.91. The summed E-state index contributed by atoms with van der Waals surface area (Å²) in [6.07, 6.45) is 6.93. The van der Waals surface area contributed by atoms with Gasteiger partial charge < -0.3 is 5.32 Å². The predicted octanol–water partition coefficient (Wildman–Crippen LogP) is 5.03. The maximum atomic E-state index is 12.2. The van der Waals surface area contributed by atoms with Gasteiger partial charge in [-0.3, -0.25) is 4.79 Å². The van der Waals surface area contributed by atoms with Crippen LogP contribution in [0.5, 0.6) is 0 Å². The molecule has 3 nitrogen and oxygen atoms in total. The number of nitrogens with zero attached hydrogens (tertiary/aromatic N) is 1. The second-order valence-electron chi connectivity index (χ2n) is 6.09. The number of thiazole rings is 1. The fourth-order valence-corrected chi connectivity index (χ4v) is 3.74. The number of aromatic nitrogens is 1. The second kappa shape index (κ2) is 7.05. The van der Waals surface area contributed by atoms with Crippen LogP contribution in [0.15, 0.2) is 29.6 Å². The first-order chi connectivity index (χ1) is 10.7. The standard InChI is InChI=1S/C18H22N2OS/c1-13-19-17(12-22-13)15-8-5-9-16(11-15)20-18(21)10-14-6-3-2-4-7-14/h5,8-9,11-12,14H,2-4,6-7,10H2,1H3,(H,20,21). The normalized spacial score (nSPS) is 15.7. The van der Waals surface area contributed by atoms with Crippen molar-refractivity contribution in [3.05, 3.63) is 34.7 Å². The molecule has 2 aromatic rings. The van der Waals surface area contributed by atoms with Crippen LogP contribution < -0.4 is 5.32 Å². The number of carbonyl (C=O) groups is 1. The van der Waals surface area contributed by atoms with Crippen molar-refractivity contribution in [1.29, 1.82) is 0 Å². The van der Waals surface area contributed by atoms with E-state index >= 15 is 0 Å². The van der Waals surface area contributed by atoms with E-state index in [1.54, 1.807) is 11.3 Å². The Hall–Kier alpha value is -1.68. The van der Waals surface area contributed by atoms with Crippen LogP contribution in [0.3, 0.4) is 0 Å². The Morgan fingerprint density at radius 3 is 2.86 bits per heavy atom. The largest absolute Gasteiger partial charge is 0.326 e. The number of aryl methyl sites for hydroxylation is 1. The minimum absolute atomic E-state index is 0.138. The first-order valence-electron chi connectivity index (χ1n) is 8.03. The van der Waals surface area contributed by atoms with Crippen LogP contribution in [0.25, 0.3) is 11.3 Å². The summed E-state index contributed by atoms with van der Waals surface area (Å²) in [5, 5.41) is 6.15. The van der Waals surface area contributed by atoms with Crippen LogP contribution in [0.1, 0.15) is 43.5 Å². The number of carbonyl (C=O) groups excluding carboxylic acids is 1. The molecule has 3 rings (SSSR count). The van der Waals surface area contributed by atoms with E-state index in [1.807, 2.05) is 31.2 Å². The average Bonchev–Trinajstić information content (AvgIpc) is 2.95. The van der Waals surface area contributed by atoms with Crippen molar-refractivity contribution in [3.8, 4) is 11.3 Å². The zero-order chi connectivity index (χ0) is 15.4. The number of rotatable bonds is 4. The number of nitrogens with one attached hydrogen (secondary N) is 1. The van der Waals surface area contributed by atoms with Crippen molar-refractivity contribution >= 4 is 22.9 Å². The quantitative estimate of drug-likeness (QED) is 0.860. The lowest BCUT2D eigenvalue weighted by molar-refractivity contribution is -0.117. The Morgan fingerprint density at radius 2 is 2.14 bits per heavy atom. The molecule has 1 N–H and O–H groups in total. The third-order valence-corrected chi connectivity index (χ3v) is 5.03. The molecule has 0 aliphatic heterocycles. The fourth-order valence-electron chi connectivity index (χ4n) is 3.12. The SMILES string of the molecule is Cc1nc(-c2cccc(NC(=O)CC3CCCCC3)c2)cs1. The van der Waals surface area contributed by atoms with Gasteiger partial charge in [0.25, 0.3) is 0 Å². The maximum Gasteiger partial charge on any atom is 0.224 e. The molecule has 116 valence electrons. The topological polar surface area (TPSA) is 42.0 Å². The molecule has 1 aliphatic rings. The minimum atomic E-state index is 0.138. The van der Waals surface area contributed by atoms with Gasteiger partial charge in [0.05, 0.1) is 10.7 Å². The van der Waals surface area contributed by atoms with Crippen LogP contribution in [0.4, 0.5) is 5.69 Å². The van der Waals surface area contributed by atoms with E-state index < -0.39 is 0 Å². The number of hydrogen-bond acceptors (Lipinski definition) is 3. The van der Waals surface area contributed by atoms with Crippen molar-refractivity contribution in [3.63, 3.8) is 0 Å². The van der Waals surface area contributed by atoms with Crippen molar-refractivity contribution in [2.24, 2.45) is 5.92 Å². The zero-order valence-corrected chi connectivity index (χ0v) is 13.8. The summed E-state index contributed by atoms with van der Waals surface area (Å²) in [6.45, 7) is 2.00. The van der Waals surface area contributed by atoms with Crippen molar-refractivity contribution in [2.45, 2.75) is 45.4 Å². The van der Waals surface area contributed by atoms with Gasteiger partial charge in [-0.05, 0) is 37.8 Å². The van der Waals surface area contributed by atoms with Crippen molar-refractivity contribution < 1.29 is 4.79 Å². The molecule has 4 heteroatoms. The molecule has 1 fully saturated rings. The van der Waals surface area contributed by atoms with E-state index in [0.717, 1.165) is 22.0 Å². The van der Waals surface area contributed by atoms with E-state index in [-0.39, 0.29) is 5.91 Å². The highest BCUT2D eigenvalue weighted by atomic mass is 32.1. The molecule has 1 aromatic carbocycles. The average molecular weight is 314 g/mol. The Morgan fingerprint density at radius 1 is 1.32 bits per heavy atom. The molecular weight excluding hydrogens is 292 g/mol. The van der Waals surface area contributed by atoms with E-state index in [9.17, 15) is 4.79 Å². The summed E-state index contributed by atoms with van der Waals surface area (Å²) in [6, 6.07) is 7.96. The van der Waals surface area contributed by atoms with Crippen LogP contribution in [0.2, 0.25) is 0 Å². The summed E-state index contributed by atoms with van der Waals surface area (Å²) in [7, 11) is 0. The smallest absolute Gasteiger partial charge is 0.224 e. The van der Waals surface area contributed by atoms with Crippen molar-refractivity contribution in [2.75, 3.05) is 5.32 Å². The molecule has 0 bridgehead atoms. The van der Waals surface area contributed by atoms with Gasteiger partial charge in [0, 0.05) is 23.1 Å². The molecule has 1 aromatic heterocycles. The summed E-state index contributed by atoms with van der Waals surface area (Å²) >= 11 is 1.64. The molecule has 1 heterocycles. The van der Waals surface area contributed by atoms with Gasteiger partial charge in [0.1, 0.15) is 0 Å². The van der Waals surface area contributed by atoms with E-state index in [4.69, 9.17) is 0 Å². The monoisotopic (exact) mass is 314 g/mol. The van der Waals surface area contributed by atoms with Gasteiger partial charge in [-0.2, -0.15) is 0 Å². The zero-order valence-electron chi connectivity index (χ0n) is 13.0. The van der Waals surface area contributed by atoms with E-state index in [0.29, 0.717) is 12.3 Å². The van der Waals surface area contributed by atoms with Gasteiger partial charge in [-0.25, -0.2) is 4.98 Å². The molecule has 22 heavy (non-hydrogen) atoms. The Balaban J connectivity index is 1.63. The van der Waals surface area contributed by atoms with Gasteiger partial charge in [0.2, 0.25) is 5.91 Å². The summed E-state index contributed by atoms with van der Waals surface area (Å²) in [4.78, 5) is 16.7. The lowest BCUT2D eigenvalue weighted by Gasteiger charge is -2.20. The molecule has 0 radical (unpaired) electrons. The second-order valence-corrected chi connectivity index (χ2v) is 7.15. The first kappa shape index (κ1) is 15.2. The van der Waals surface area contributed by atoms with Gasteiger partial charge in [0.15, 0.2) is 0 Å². The predicted molar refractivity (Wildman–Crippen MR) is 92.1 cm³/mol. The number of hydrogen-bond donors (Lipinski definition) is 1. The molecule has 0 unspecified atom stereocenters.